The number of rotatable bonds is 11. The topological polar surface area (TPSA) is 140 Å². The summed E-state index contributed by atoms with van der Waals surface area (Å²) in [4.78, 5) is 50.0. The quantitative estimate of drug-likeness (QED) is 0.0829. The number of thioether (sulfide) groups is 1. The maximum atomic E-state index is 13.4. The van der Waals surface area contributed by atoms with E-state index >= 15 is 0 Å². The number of nitrogens with zero attached hydrogens (tertiary/aromatic N) is 1. The Morgan fingerprint density at radius 3 is 2.40 bits per heavy atom. The fourth-order valence-corrected chi connectivity index (χ4v) is 4.69. The van der Waals surface area contributed by atoms with Crippen molar-refractivity contribution in [3.05, 3.63) is 130 Å². The first kappa shape index (κ1) is 30.5. The Morgan fingerprint density at radius 2 is 1.67 bits per heavy atom. The van der Waals surface area contributed by atoms with Gasteiger partial charge in [-0.25, -0.2) is 0 Å². The van der Waals surface area contributed by atoms with Crippen LogP contribution in [0.3, 0.4) is 0 Å². The predicted molar refractivity (Wildman–Crippen MR) is 167 cm³/mol. The van der Waals surface area contributed by atoms with Crippen molar-refractivity contribution in [1.29, 1.82) is 0 Å². The number of hydrogen-bond acceptors (Lipinski definition) is 7. The van der Waals surface area contributed by atoms with Gasteiger partial charge < -0.3 is 20.7 Å². The Morgan fingerprint density at radius 1 is 0.907 bits per heavy atom. The van der Waals surface area contributed by atoms with Gasteiger partial charge in [0.15, 0.2) is 0 Å². The van der Waals surface area contributed by atoms with Crippen LogP contribution in [-0.4, -0.2) is 35.5 Å². The summed E-state index contributed by atoms with van der Waals surface area (Å²) in [5.74, 6) is -0.602. The number of nitro benzene ring substituents is 1. The summed E-state index contributed by atoms with van der Waals surface area (Å²) < 4.78 is 5.28. The van der Waals surface area contributed by atoms with Crippen molar-refractivity contribution in [2.45, 2.75) is 11.8 Å². The molecule has 0 saturated carbocycles. The smallest absolute Gasteiger partial charge is 0.272 e. The predicted octanol–water partition coefficient (Wildman–Crippen LogP) is 6.05. The number of ether oxygens (including phenoxy) is 1. The fraction of sp³-hybridized carbons (Fsp3) is 0.0938. The van der Waals surface area contributed by atoms with E-state index in [0.29, 0.717) is 33.8 Å². The molecular formula is C32H28N4O6S. The number of methoxy groups -OCH3 is 1. The van der Waals surface area contributed by atoms with Gasteiger partial charge in [-0.3, -0.25) is 24.5 Å². The lowest BCUT2D eigenvalue weighted by molar-refractivity contribution is -0.384. The Bertz CT molecular complexity index is 1690. The van der Waals surface area contributed by atoms with Crippen molar-refractivity contribution in [3.63, 3.8) is 0 Å². The second-order valence-electron chi connectivity index (χ2n) is 9.23. The van der Waals surface area contributed by atoms with Crippen molar-refractivity contribution in [1.82, 2.24) is 5.32 Å². The van der Waals surface area contributed by atoms with E-state index in [-0.39, 0.29) is 23.0 Å². The average molecular weight is 597 g/mol. The maximum Gasteiger partial charge on any atom is 0.272 e. The molecule has 10 nitrogen and oxygen atoms in total. The molecule has 0 saturated heterocycles. The lowest BCUT2D eigenvalue weighted by Gasteiger charge is -2.12. The molecule has 0 aliphatic carbocycles. The number of nitrogens with one attached hydrogen (secondary N) is 3. The molecule has 218 valence electrons. The first-order chi connectivity index (χ1) is 20.7. The molecule has 4 aromatic carbocycles. The first-order valence-electron chi connectivity index (χ1n) is 13.0. The second-order valence-corrected chi connectivity index (χ2v) is 10.3. The van der Waals surface area contributed by atoms with E-state index in [1.54, 1.807) is 99.0 Å². The van der Waals surface area contributed by atoms with Gasteiger partial charge in [-0.05, 0) is 72.7 Å². The third kappa shape index (κ3) is 8.78. The molecule has 4 rings (SSSR count). The zero-order valence-electron chi connectivity index (χ0n) is 23.3. The minimum Gasteiger partial charge on any atom is -0.497 e. The van der Waals surface area contributed by atoms with Crippen LogP contribution >= 0.6 is 11.8 Å². The molecule has 0 fully saturated rings. The third-order valence-corrected chi connectivity index (χ3v) is 7.08. The molecule has 4 aromatic rings. The van der Waals surface area contributed by atoms with Crippen molar-refractivity contribution in [2.24, 2.45) is 0 Å². The van der Waals surface area contributed by atoms with Gasteiger partial charge in [0.25, 0.3) is 17.5 Å². The van der Waals surface area contributed by atoms with Crippen molar-refractivity contribution in [3.8, 4) is 5.75 Å². The van der Waals surface area contributed by atoms with Gasteiger partial charge in [-0.15, -0.1) is 11.8 Å². The number of anilines is 2. The summed E-state index contributed by atoms with van der Waals surface area (Å²) in [6.07, 6.45) is 1.56. The van der Waals surface area contributed by atoms with Crippen molar-refractivity contribution < 1.29 is 24.0 Å². The highest BCUT2D eigenvalue weighted by Gasteiger charge is 2.16. The van der Waals surface area contributed by atoms with E-state index in [2.05, 4.69) is 16.0 Å². The molecule has 43 heavy (non-hydrogen) atoms. The van der Waals surface area contributed by atoms with Crippen LogP contribution in [0.15, 0.2) is 108 Å². The van der Waals surface area contributed by atoms with Gasteiger partial charge >= 0.3 is 0 Å². The van der Waals surface area contributed by atoms with Crippen molar-refractivity contribution >= 4 is 52.6 Å². The molecule has 0 aliphatic rings. The highest BCUT2D eigenvalue weighted by atomic mass is 32.2. The number of carbonyl (C=O) groups is 3. The highest BCUT2D eigenvalue weighted by molar-refractivity contribution is 8.00. The molecule has 0 aromatic heterocycles. The lowest BCUT2D eigenvalue weighted by atomic mass is 10.1. The molecule has 0 unspecified atom stereocenters. The average Bonchev–Trinajstić information content (AvgIpc) is 3.01. The van der Waals surface area contributed by atoms with Gasteiger partial charge in [0.05, 0.1) is 17.8 Å². The van der Waals surface area contributed by atoms with Gasteiger partial charge in [-0.1, -0.05) is 36.4 Å². The summed E-state index contributed by atoms with van der Waals surface area (Å²) in [5, 5.41) is 19.2. The molecule has 3 N–H and O–H groups in total. The number of amides is 3. The number of hydrogen-bond donors (Lipinski definition) is 3. The number of benzene rings is 4. The number of nitro groups is 1. The molecule has 0 atom stereocenters. The monoisotopic (exact) mass is 596 g/mol. The zero-order valence-corrected chi connectivity index (χ0v) is 24.1. The summed E-state index contributed by atoms with van der Waals surface area (Å²) in [6.45, 7) is 1.68. The SMILES string of the molecule is COc1cccc(/C=C(\NC(=O)c2ccccc2)C(=O)Nc2cccc(SCC(=O)Nc3ccc([N+](=O)[O-])cc3C)c2)c1. The maximum absolute atomic E-state index is 13.4. The number of aryl methyl sites for hydroxylation is 1. The third-order valence-electron chi connectivity index (χ3n) is 6.09. The zero-order chi connectivity index (χ0) is 30.8. The standard InChI is InChI=1S/C32H28N4O6S/c1-21-16-25(36(40)41)14-15-28(21)34-30(37)20-43-27-13-7-11-24(19-27)33-32(39)29(18-22-8-6-12-26(17-22)42-2)35-31(38)23-9-4-3-5-10-23/h3-19H,20H2,1-2H3,(H,33,39)(H,34,37)(H,35,38)/b29-18-. The molecule has 3 amide bonds. The van der Waals surface area contributed by atoms with Gasteiger partial charge in [0.1, 0.15) is 11.4 Å². The fourth-order valence-electron chi connectivity index (χ4n) is 3.94. The van der Waals surface area contributed by atoms with Crippen LogP contribution in [0.25, 0.3) is 6.08 Å². The summed E-state index contributed by atoms with van der Waals surface area (Å²) in [6, 6.07) is 26.8. The first-order valence-corrected chi connectivity index (χ1v) is 14.0. The largest absolute Gasteiger partial charge is 0.497 e. The molecule has 0 bridgehead atoms. The molecule has 0 aliphatic heterocycles. The van der Waals surface area contributed by atoms with Crippen LogP contribution in [0, 0.1) is 17.0 Å². The van der Waals surface area contributed by atoms with Crippen molar-refractivity contribution in [2.75, 3.05) is 23.5 Å². The minimum absolute atomic E-state index is 0.0259. The van der Waals surface area contributed by atoms with Crippen LogP contribution in [0.1, 0.15) is 21.5 Å². The van der Waals surface area contributed by atoms with Gasteiger partial charge in [-0.2, -0.15) is 0 Å². The Kier molecular flexibility index (Phi) is 10.3. The van der Waals surface area contributed by atoms with E-state index in [4.69, 9.17) is 4.74 Å². The molecule has 0 spiro atoms. The van der Waals surface area contributed by atoms with Crippen LogP contribution in [0.5, 0.6) is 5.75 Å². The minimum atomic E-state index is -0.541. The Labute approximate surface area is 252 Å². The van der Waals surface area contributed by atoms with Crippen LogP contribution in [-0.2, 0) is 9.59 Å². The van der Waals surface area contributed by atoms with Gasteiger partial charge in [0.2, 0.25) is 5.91 Å². The van der Waals surface area contributed by atoms with Crippen LogP contribution in [0.4, 0.5) is 17.1 Å². The summed E-state index contributed by atoms with van der Waals surface area (Å²) >= 11 is 1.26. The Hall–Kier alpha value is -5.42. The van der Waals surface area contributed by atoms with E-state index in [0.717, 1.165) is 4.90 Å². The van der Waals surface area contributed by atoms with E-state index in [9.17, 15) is 24.5 Å². The van der Waals surface area contributed by atoms with E-state index in [1.165, 1.54) is 30.0 Å². The summed E-state index contributed by atoms with van der Waals surface area (Å²) in [5.41, 5.74) is 2.55. The normalized spacial score (nSPS) is 10.9. The molecular weight excluding hydrogens is 568 g/mol. The van der Waals surface area contributed by atoms with Crippen LogP contribution < -0.4 is 20.7 Å². The van der Waals surface area contributed by atoms with E-state index < -0.39 is 16.7 Å². The molecule has 0 heterocycles. The highest BCUT2D eigenvalue weighted by Crippen LogP contribution is 2.25. The molecule has 0 radical (unpaired) electrons. The summed E-state index contributed by atoms with van der Waals surface area (Å²) in [7, 11) is 1.54. The number of carbonyl (C=O) groups excluding carboxylic acids is 3. The second kappa shape index (κ2) is 14.5. The lowest BCUT2D eigenvalue weighted by Crippen LogP contribution is -2.30. The molecule has 11 heteroatoms. The van der Waals surface area contributed by atoms with Crippen LogP contribution in [0.2, 0.25) is 0 Å². The Balaban J connectivity index is 1.45. The van der Waals surface area contributed by atoms with Gasteiger partial charge in [0, 0.05) is 34.0 Å². The van der Waals surface area contributed by atoms with E-state index in [1.807, 2.05) is 0 Å². The number of non-ortho nitro benzene ring substituents is 1.